The molecule has 3 aromatic rings. The third kappa shape index (κ3) is 1.30. The molecule has 0 fully saturated rings. The Labute approximate surface area is 89.6 Å². The van der Waals surface area contributed by atoms with Gasteiger partial charge in [0, 0.05) is 6.07 Å². The van der Waals surface area contributed by atoms with E-state index in [1.165, 1.54) is 0 Å². The molecular weight excluding hydrogens is 210 g/mol. The van der Waals surface area contributed by atoms with Crippen molar-refractivity contribution >= 4 is 22.3 Å². The Morgan fingerprint density at radius 1 is 1.27 bits per heavy atom. The first-order chi connectivity index (χ1) is 7.34. The van der Waals surface area contributed by atoms with E-state index in [9.17, 15) is 5.11 Å². The van der Waals surface area contributed by atoms with Gasteiger partial charge in [0.15, 0.2) is 5.58 Å². The highest BCUT2D eigenvalue weighted by atomic mass is 32.1. The molecule has 0 spiro atoms. The van der Waals surface area contributed by atoms with Gasteiger partial charge in [0.05, 0.1) is 10.3 Å². The molecule has 0 saturated heterocycles. The van der Waals surface area contributed by atoms with Crippen molar-refractivity contribution in [2.75, 3.05) is 0 Å². The third-order valence-corrected chi connectivity index (χ3v) is 3.09. The van der Waals surface area contributed by atoms with Crippen molar-refractivity contribution in [2.45, 2.75) is 0 Å². The standard InChI is InChI=1S/C11H7NO2S/c13-7-3-4-8-9(6-7)14-12-11(8)10-2-1-5-15-10/h1-6,13H. The Bertz CT molecular complexity index is 598. The Balaban J connectivity index is 2.29. The number of hydrogen-bond donors (Lipinski definition) is 1. The van der Waals surface area contributed by atoms with Crippen LogP contribution in [0, 0.1) is 0 Å². The maximum Gasteiger partial charge on any atom is 0.171 e. The number of thiophene rings is 1. The van der Waals surface area contributed by atoms with Gasteiger partial charge < -0.3 is 9.63 Å². The minimum Gasteiger partial charge on any atom is -0.508 e. The molecule has 0 aliphatic heterocycles. The Hall–Kier alpha value is -1.81. The van der Waals surface area contributed by atoms with E-state index in [1.807, 2.05) is 23.6 Å². The molecule has 3 nitrogen and oxygen atoms in total. The fourth-order valence-electron chi connectivity index (χ4n) is 1.52. The lowest BCUT2D eigenvalue weighted by molar-refractivity contribution is 0.451. The first-order valence-electron chi connectivity index (χ1n) is 4.47. The highest BCUT2D eigenvalue weighted by Crippen LogP contribution is 2.32. The zero-order chi connectivity index (χ0) is 10.3. The molecule has 0 saturated carbocycles. The van der Waals surface area contributed by atoms with Crippen molar-refractivity contribution in [1.82, 2.24) is 5.16 Å². The maximum absolute atomic E-state index is 9.28. The SMILES string of the molecule is Oc1ccc2c(-c3cccs3)noc2c1. The second-order valence-corrected chi connectivity index (χ2v) is 4.14. The number of nitrogens with zero attached hydrogens (tertiary/aromatic N) is 1. The molecule has 1 N–H and O–H groups in total. The molecule has 1 aromatic carbocycles. The molecule has 2 aromatic heterocycles. The largest absolute Gasteiger partial charge is 0.508 e. The van der Waals surface area contributed by atoms with Crippen LogP contribution in [-0.4, -0.2) is 10.3 Å². The molecule has 0 aliphatic carbocycles. The summed E-state index contributed by atoms with van der Waals surface area (Å²) in [6.07, 6.45) is 0. The van der Waals surface area contributed by atoms with Gasteiger partial charge in [-0.3, -0.25) is 0 Å². The monoisotopic (exact) mass is 217 g/mol. The maximum atomic E-state index is 9.28. The predicted octanol–water partition coefficient (Wildman–Crippen LogP) is 3.26. The van der Waals surface area contributed by atoms with Gasteiger partial charge in [-0.15, -0.1) is 11.3 Å². The van der Waals surface area contributed by atoms with Gasteiger partial charge in [-0.2, -0.15) is 0 Å². The molecule has 0 atom stereocenters. The van der Waals surface area contributed by atoms with Crippen molar-refractivity contribution in [3.8, 4) is 16.3 Å². The fourth-order valence-corrected chi connectivity index (χ4v) is 2.24. The van der Waals surface area contributed by atoms with Crippen LogP contribution < -0.4 is 0 Å². The summed E-state index contributed by atoms with van der Waals surface area (Å²) in [5, 5.41) is 16.2. The quantitative estimate of drug-likeness (QED) is 0.680. The topological polar surface area (TPSA) is 46.3 Å². The van der Waals surface area contributed by atoms with E-state index in [-0.39, 0.29) is 5.75 Å². The van der Waals surface area contributed by atoms with Crippen LogP contribution in [0.5, 0.6) is 5.75 Å². The summed E-state index contributed by atoms with van der Waals surface area (Å²) in [5.74, 6) is 0.191. The molecule has 3 rings (SSSR count). The molecule has 0 amide bonds. The van der Waals surface area contributed by atoms with Gasteiger partial charge in [0.25, 0.3) is 0 Å². The number of benzene rings is 1. The van der Waals surface area contributed by atoms with Gasteiger partial charge in [-0.1, -0.05) is 11.2 Å². The summed E-state index contributed by atoms with van der Waals surface area (Å²) < 4.78 is 5.15. The number of aromatic nitrogens is 1. The van der Waals surface area contributed by atoms with Crippen molar-refractivity contribution in [3.05, 3.63) is 35.7 Å². The van der Waals surface area contributed by atoms with Crippen LogP contribution in [0.15, 0.2) is 40.2 Å². The summed E-state index contributed by atoms with van der Waals surface area (Å²) in [7, 11) is 0. The number of aromatic hydroxyl groups is 1. The van der Waals surface area contributed by atoms with Gasteiger partial charge in [0.1, 0.15) is 11.4 Å². The van der Waals surface area contributed by atoms with Gasteiger partial charge >= 0.3 is 0 Å². The number of rotatable bonds is 1. The third-order valence-electron chi connectivity index (χ3n) is 2.21. The van der Waals surface area contributed by atoms with Crippen LogP contribution in [0.4, 0.5) is 0 Å². The van der Waals surface area contributed by atoms with Crippen LogP contribution in [0.3, 0.4) is 0 Å². The molecule has 4 heteroatoms. The van der Waals surface area contributed by atoms with Crippen LogP contribution in [0.1, 0.15) is 0 Å². The van der Waals surface area contributed by atoms with Crippen LogP contribution in [-0.2, 0) is 0 Å². The Morgan fingerprint density at radius 2 is 2.20 bits per heavy atom. The molecular formula is C11H7NO2S. The lowest BCUT2D eigenvalue weighted by Crippen LogP contribution is -1.71. The lowest BCUT2D eigenvalue weighted by atomic mass is 10.2. The molecule has 0 radical (unpaired) electrons. The predicted molar refractivity (Wildman–Crippen MR) is 59.0 cm³/mol. The van der Waals surface area contributed by atoms with E-state index in [0.717, 1.165) is 16.0 Å². The Morgan fingerprint density at radius 3 is 3.00 bits per heavy atom. The van der Waals surface area contributed by atoms with E-state index < -0.39 is 0 Å². The normalized spacial score (nSPS) is 10.9. The Kier molecular flexibility index (Phi) is 1.76. The van der Waals surface area contributed by atoms with Crippen LogP contribution >= 0.6 is 11.3 Å². The van der Waals surface area contributed by atoms with Crippen molar-refractivity contribution in [3.63, 3.8) is 0 Å². The van der Waals surface area contributed by atoms with Crippen LogP contribution in [0.25, 0.3) is 21.5 Å². The van der Waals surface area contributed by atoms with E-state index in [4.69, 9.17) is 4.52 Å². The first kappa shape index (κ1) is 8.49. The molecule has 0 unspecified atom stereocenters. The van der Waals surface area contributed by atoms with Crippen LogP contribution in [0.2, 0.25) is 0 Å². The summed E-state index contributed by atoms with van der Waals surface area (Å²) in [5.41, 5.74) is 1.44. The molecule has 0 aliphatic rings. The van der Waals surface area contributed by atoms with E-state index in [1.54, 1.807) is 23.5 Å². The van der Waals surface area contributed by atoms with Crippen molar-refractivity contribution < 1.29 is 9.63 Å². The second-order valence-electron chi connectivity index (χ2n) is 3.19. The molecule has 74 valence electrons. The summed E-state index contributed by atoms with van der Waals surface area (Å²) in [6.45, 7) is 0. The van der Waals surface area contributed by atoms with E-state index >= 15 is 0 Å². The number of hydrogen-bond acceptors (Lipinski definition) is 4. The van der Waals surface area contributed by atoms with Gasteiger partial charge in [0.2, 0.25) is 0 Å². The smallest absolute Gasteiger partial charge is 0.171 e. The zero-order valence-electron chi connectivity index (χ0n) is 7.68. The first-order valence-corrected chi connectivity index (χ1v) is 5.35. The lowest BCUT2D eigenvalue weighted by Gasteiger charge is -1.91. The minimum absolute atomic E-state index is 0.191. The van der Waals surface area contributed by atoms with Crippen molar-refractivity contribution in [2.24, 2.45) is 0 Å². The average Bonchev–Trinajstić information content (AvgIpc) is 2.82. The summed E-state index contributed by atoms with van der Waals surface area (Å²) >= 11 is 1.61. The highest BCUT2D eigenvalue weighted by Gasteiger charge is 2.10. The van der Waals surface area contributed by atoms with Gasteiger partial charge in [-0.25, -0.2) is 0 Å². The molecule has 0 bridgehead atoms. The molecule has 2 heterocycles. The number of fused-ring (bicyclic) bond motifs is 1. The van der Waals surface area contributed by atoms with Crippen molar-refractivity contribution in [1.29, 1.82) is 0 Å². The second kappa shape index (κ2) is 3.10. The fraction of sp³-hybridized carbons (Fsp3) is 0. The average molecular weight is 217 g/mol. The van der Waals surface area contributed by atoms with E-state index in [0.29, 0.717) is 5.58 Å². The zero-order valence-corrected chi connectivity index (χ0v) is 8.49. The number of phenols is 1. The minimum atomic E-state index is 0.191. The molecule has 15 heavy (non-hydrogen) atoms. The summed E-state index contributed by atoms with van der Waals surface area (Å²) in [6, 6.07) is 8.99. The number of phenolic OH excluding ortho intramolecular Hbond substituents is 1. The summed E-state index contributed by atoms with van der Waals surface area (Å²) in [4.78, 5) is 1.07. The van der Waals surface area contributed by atoms with Gasteiger partial charge in [-0.05, 0) is 23.6 Å². The highest BCUT2D eigenvalue weighted by molar-refractivity contribution is 7.13. The van der Waals surface area contributed by atoms with E-state index in [2.05, 4.69) is 5.16 Å².